The Kier molecular flexibility index (Phi) is 5.03. The maximum atomic E-state index is 12.1. The van der Waals surface area contributed by atoms with Crippen molar-refractivity contribution in [1.29, 1.82) is 0 Å². The van der Waals surface area contributed by atoms with Gasteiger partial charge in [0.2, 0.25) is 5.91 Å². The second-order valence-corrected chi connectivity index (χ2v) is 6.47. The van der Waals surface area contributed by atoms with E-state index in [4.69, 9.17) is 5.73 Å². The number of aliphatic carboxylic acids is 1. The zero-order valence-electron chi connectivity index (χ0n) is 12.6. The normalized spacial score (nSPS) is 23.9. The zero-order valence-corrected chi connectivity index (χ0v) is 15.4. The molecule has 23 heavy (non-hydrogen) atoms. The van der Waals surface area contributed by atoms with Gasteiger partial charge in [-0.25, -0.2) is 0 Å². The average Bonchev–Trinajstić information content (AvgIpc) is 2.99. The first-order chi connectivity index (χ1) is 10.3. The van der Waals surface area contributed by atoms with Gasteiger partial charge in [-0.15, -0.1) is 11.3 Å². The van der Waals surface area contributed by atoms with Crippen LogP contribution in [0.1, 0.15) is 27.9 Å². The van der Waals surface area contributed by atoms with Crippen molar-refractivity contribution in [2.24, 2.45) is 11.7 Å². The number of carbonyl (C=O) groups excluding carboxylic acids is 3. The smallest absolute Gasteiger partial charge is 0.543 e. The van der Waals surface area contributed by atoms with Crippen LogP contribution in [0.5, 0.6) is 0 Å². The summed E-state index contributed by atoms with van der Waals surface area (Å²) in [5.41, 5.74) is 5.47. The molecule has 2 amide bonds. The molecule has 0 saturated carbocycles. The minimum absolute atomic E-state index is 0. The van der Waals surface area contributed by atoms with Crippen molar-refractivity contribution in [3.63, 3.8) is 0 Å². The van der Waals surface area contributed by atoms with E-state index in [1.54, 1.807) is 6.07 Å². The van der Waals surface area contributed by atoms with Gasteiger partial charge in [0.1, 0.15) is 0 Å². The first kappa shape index (κ1) is 18.2. The molecule has 0 aromatic carbocycles. The number of primary amides is 1. The number of aliphatic hydroxyl groups is 1. The molecular formula is C14H13N2NaO5S. The first-order valence-corrected chi connectivity index (χ1v) is 7.50. The number of nitrogens with zero attached hydrogens (tertiary/aromatic N) is 1. The van der Waals surface area contributed by atoms with Gasteiger partial charge in [-0.05, 0) is 31.1 Å². The van der Waals surface area contributed by atoms with E-state index >= 15 is 0 Å². The van der Waals surface area contributed by atoms with Crippen LogP contribution in [-0.2, 0) is 9.59 Å². The summed E-state index contributed by atoms with van der Waals surface area (Å²) in [6.07, 6.45) is -0.538. The van der Waals surface area contributed by atoms with E-state index in [-0.39, 0.29) is 41.3 Å². The summed E-state index contributed by atoms with van der Waals surface area (Å²) >= 11 is 1.08. The van der Waals surface area contributed by atoms with Crippen molar-refractivity contribution in [3.05, 3.63) is 27.6 Å². The molecule has 0 radical (unpaired) electrons. The van der Waals surface area contributed by atoms with Crippen molar-refractivity contribution in [2.75, 3.05) is 0 Å². The van der Waals surface area contributed by atoms with Crippen molar-refractivity contribution in [2.45, 2.75) is 25.5 Å². The van der Waals surface area contributed by atoms with E-state index in [1.807, 2.05) is 0 Å². The van der Waals surface area contributed by atoms with Gasteiger partial charge in [0, 0.05) is 4.88 Å². The Morgan fingerprint density at radius 1 is 1.48 bits per heavy atom. The molecular weight excluding hydrogens is 331 g/mol. The summed E-state index contributed by atoms with van der Waals surface area (Å²) in [4.78, 5) is 36.7. The van der Waals surface area contributed by atoms with Crippen LogP contribution >= 0.6 is 11.3 Å². The Balaban J connectivity index is 0.00000192. The fraction of sp³-hybridized carbons (Fsp3) is 0.357. The average molecular weight is 344 g/mol. The van der Waals surface area contributed by atoms with E-state index in [1.165, 1.54) is 17.9 Å². The minimum Gasteiger partial charge on any atom is -0.543 e. The molecule has 9 heteroatoms. The van der Waals surface area contributed by atoms with Crippen LogP contribution in [0.15, 0.2) is 17.8 Å². The molecule has 3 rings (SSSR count). The molecule has 2 aliphatic heterocycles. The Bertz CT molecular complexity index is 727. The Labute approximate surface area is 158 Å². The third kappa shape index (κ3) is 2.74. The monoisotopic (exact) mass is 344 g/mol. The quantitative estimate of drug-likeness (QED) is 0.425. The molecule has 3 N–H and O–H groups in total. The molecule has 0 bridgehead atoms. The van der Waals surface area contributed by atoms with E-state index in [0.717, 1.165) is 11.3 Å². The zero-order chi connectivity index (χ0) is 16.2. The first-order valence-electron chi connectivity index (χ1n) is 6.68. The summed E-state index contributed by atoms with van der Waals surface area (Å²) < 4.78 is 0. The summed E-state index contributed by atoms with van der Waals surface area (Å²) in [7, 11) is 0. The summed E-state index contributed by atoms with van der Waals surface area (Å²) in [5, 5.41) is 21.1. The third-order valence-electron chi connectivity index (χ3n) is 4.07. The number of aliphatic hydroxyl groups excluding tert-OH is 1. The van der Waals surface area contributed by atoms with E-state index in [9.17, 15) is 24.6 Å². The summed E-state index contributed by atoms with van der Waals surface area (Å²) in [6.45, 7) is 1.51. The number of carbonyl (C=O) groups is 3. The number of amides is 2. The maximum Gasteiger partial charge on any atom is 1.00 e. The number of β-lactam (4-membered cyclic amide) rings is 1. The molecule has 116 valence electrons. The van der Waals surface area contributed by atoms with Crippen LogP contribution in [0.25, 0.3) is 5.57 Å². The van der Waals surface area contributed by atoms with Crippen LogP contribution in [0.4, 0.5) is 0 Å². The minimum atomic E-state index is -1.44. The SMILES string of the molecule is C[C@@H](O)[C@H]1C(=O)N2C(C(=O)[O-])=C(c3ccc(C(N)=O)s3)C[C@H]12.[Na+]. The van der Waals surface area contributed by atoms with Crippen LogP contribution in [0.3, 0.4) is 0 Å². The van der Waals surface area contributed by atoms with Gasteiger partial charge in [-0.1, -0.05) is 0 Å². The molecule has 1 aromatic heterocycles. The number of fused-ring (bicyclic) bond motifs is 1. The fourth-order valence-electron chi connectivity index (χ4n) is 3.11. The number of rotatable bonds is 4. The molecule has 1 fully saturated rings. The molecule has 2 aliphatic rings. The third-order valence-corrected chi connectivity index (χ3v) is 5.23. The van der Waals surface area contributed by atoms with E-state index in [0.29, 0.717) is 21.7 Å². The predicted molar refractivity (Wildman–Crippen MR) is 75.2 cm³/mol. The number of hydrogen-bond donors (Lipinski definition) is 2. The van der Waals surface area contributed by atoms with Gasteiger partial charge in [0.05, 0.1) is 34.6 Å². The molecule has 0 aliphatic carbocycles. The number of hydrogen-bond acceptors (Lipinski definition) is 6. The second-order valence-electron chi connectivity index (χ2n) is 5.39. The van der Waals surface area contributed by atoms with E-state index < -0.39 is 29.8 Å². The standard InChI is InChI=1S/C14H14N2O5S.Na/c1-5(17)10-7-4-6(8-2-3-9(22-8)12(15)18)11(14(20)21)16(7)13(10)19;/h2-3,5,7,10,17H,4H2,1H3,(H2,15,18)(H,20,21);/q;+1/p-1/t5-,7-,10-;/m1./s1. The molecule has 0 unspecified atom stereocenters. The van der Waals surface area contributed by atoms with Crippen molar-refractivity contribution >= 4 is 34.7 Å². The number of nitrogens with two attached hydrogens (primary N) is 1. The topological polar surface area (TPSA) is 124 Å². The van der Waals surface area contributed by atoms with Crippen molar-refractivity contribution < 1.29 is 54.2 Å². The largest absolute Gasteiger partial charge is 1.00 e. The molecule has 7 nitrogen and oxygen atoms in total. The summed E-state index contributed by atoms with van der Waals surface area (Å²) in [6, 6.07) is 2.75. The molecule has 0 spiro atoms. The maximum absolute atomic E-state index is 12.1. The predicted octanol–water partition coefficient (Wildman–Crippen LogP) is -4.08. The fourth-order valence-corrected chi connectivity index (χ4v) is 4.02. The number of carboxylic acids is 1. The summed E-state index contributed by atoms with van der Waals surface area (Å²) in [5.74, 6) is -3.06. The van der Waals surface area contributed by atoms with Gasteiger partial charge in [0.15, 0.2) is 0 Å². The van der Waals surface area contributed by atoms with Gasteiger partial charge in [-0.2, -0.15) is 0 Å². The molecule has 3 atom stereocenters. The molecule has 1 saturated heterocycles. The van der Waals surface area contributed by atoms with Crippen LogP contribution < -0.4 is 40.4 Å². The Morgan fingerprint density at radius 3 is 2.61 bits per heavy atom. The van der Waals surface area contributed by atoms with Crippen molar-refractivity contribution in [3.8, 4) is 0 Å². The Hall–Kier alpha value is -1.19. The van der Waals surface area contributed by atoms with E-state index in [2.05, 4.69) is 0 Å². The van der Waals surface area contributed by atoms with Crippen LogP contribution in [-0.4, -0.2) is 39.9 Å². The van der Waals surface area contributed by atoms with Gasteiger partial charge in [0.25, 0.3) is 5.91 Å². The molecule has 1 aromatic rings. The molecule has 3 heterocycles. The van der Waals surface area contributed by atoms with Gasteiger partial charge in [-0.3, -0.25) is 9.59 Å². The van der Waals surface area contributed by atoms with Crippen molar-refractivity contribution in [1.82, 2.24) is 4.90 Å². The van der Waals surface area contributed by atoms with Crippen LogP contribution in [0.2, 0.25) is 0 Å². The Morgan fingerprint density at radius 2 is 2.13 bits per heavy atom. The number of thiophene rings is 1. The number of carboxylic acid groups (broad SMARTS) is 1. The van der Waals surface area contributed by atoms with Crippen LogP contribution in [0, 0.1) is 5.92 Å². The second kappa shape index (κ2) is 6.37. The van der Waals surface area contributed by atoms with Gasteiger partial charge >= 0.3 is 29.6 Å². The van der Waals surface area contributed by atoms with Gasteiger partial charge < -0.3 is 25.6 Å².